The van der Waals surface area contributed by atoms with Crippen molar-refractivity contribution in [1.82, 2.24) is 9.88 Å². The Bertz CT molecular complexity index is 637. The fourth-order valence-corrected chi connectivity index (χ4v) is 5.10. The van der Waals surface area contributed by atoms with Crippen LogP contribution in [0.5, 0.6) is 0 Å². The first kappa shape index (κ1) is 16.4. The maximum Gasteiger partial charge on any atom is 0.112 e. The van der Waals surface area contributed by atoms with Crippen molar-refractivity contribution in [2.24, 2.45) is 5.73 Å². The molecule has 1 aromatic heterocycles. The van der Waals surface area contributed by atoms with Crippen LogP contribution in [-0.2, 0) is 6.54 Å². The van der Waals surface area contributed by atoms with E-state index < -0.39 is 0 Å². The van der Waals surface area contributed by atoms with Crippen LogP contribution in [0.1, 0.15) is 24.8 Å². The van der Waals surface area contributed by atoms with Crippen molar-refractivity contribution in [3.05, 3.63) is 49.5 Å². The molecule has 0 bridgehead atoms. The Balaban J connectivity index is 1.87. The van der Waals surface area contributed by atoms with E-state index in [9.17, 15) is 0 Å². The summed E-state index contributed by atoms with van der Waals surface area (Å²) in [6.45, 7) is 2.74. The van der Waals surface area contributed by atoms with Crippen molar-refractivity contribution in [2.45, 2.75) is 37.6 Å². The van der Waals surface area contributed by atoms with Crippen LogP contribution in [0.2, 0.25) is 0 Å². The monoisotopic (exact) mass is 373 g/mol. The van der Waals surface area contributed by atoms with Crippen LogP contribution in [0.3, 0.4) is 0 Å². The van der Waals surface area contributed by atoms with Crippen molar-refractivity contribution in [3.8, 4) is 0 Å². The molecule has 0 saturated carbocycles. The lowest BCUT2D eigenvalue weighted by Crippen LogP contribution is -2.24. The molecule has 1 aromatic rings. The van der Waals surface area contributed by atoms with Crippen LogP contribution in [0.25, 0.3) is 0 Å². The van der Waals surface area contributed by atoms with Crippen molar-refractivity contribution >= 4 is 46.3 Å². The molecule has 3 rings (SSSR count). The average Bonchev–Trinajstić information content (AvgIpc) is 3.11. The number of allylic oxidation sites excluding steroid dienone is 2. The number of nitrogens with zero attached hydrogens (tertiary/aromatic N) is 2. The van der Waals surface area contributed by atoms with Gasteiger partial charge in [0.2, 0.25) is 0 Å². The normalized spacial score (nSPS) is 22.5. The van der Waals surface area contributed by atoms with Crippen molar-refractivity contribution in [3.63, 3.8) is 0 Å². The molecule has 22 heavy (non-hydrogen) atoms. The van der Waals surface area contributed by atoms with E-state index in [0.29, 0.717) is 11.7 Å². The Labute approximate surface area is 148 Å². The lowest BCUT2D eigenvalue weighted by atomic mass is 10.1. The molecule has 3 heterocycles. The van der Waals surface area contributed by atoms with Gasteiger partial charge >= 0.3 is 0 Å². The third-order valence-corrected chi connectivity index (χ3v) is 6.69. The third kappa shape index (κ3) is 3.24. The van der Waals surface area contributed by atoms with E-state index in [-0.39, 0.29) is 11.3 Å². The molecule has 2 aliphatic rings. The molecule has 0 spiro atoms. The molecule has 7 heteroatoms. The highest BCUT2D eigenvalue weighted by Crippen LogP contribution is 2.50. The molecule has 0 saturated heterocycles. The Hall–Kier alpha value is -0.460. The summed E-state index contributed by atoms with van der Waals surface area (Å²) in [5.74, 6) is 0. The zero-order valence-electron chi connectivity index (χ0n) is 12.1. The van der Waals surface area contributed by atoms with E-state index in [1.807, 2.05) is 22.4 Å². The topological polar surface area (TPSA) is 42.1 Å². The second kappa shape index (κ2) is 6.97. The van der Waals surface area contributed by atoms with Crippen LogP contribution < -0.4 is 5.73 Å². The number of halogens is 2. The van der Waals surface area contributed by atoms with E-state index in [2.05, 4.69) is 11.9 Å². The summed E-state index contributed by atoms with van der Waals surface area (Å²) in [5.41, 5.74) is 7.12. The Morgan fingerprint density at radius 3 is 2.91 bits per heavy atom. The van der Waals surface area contributed by atoms with Crippen LogP contribution in [0.4, 0.5) is 0 Å². The Morgan fingerprint density at radius 1 is 1.41 bits per heavy atom. The number of thioether (sulfide) groups is 1. The highest BCUT2D eigenvalue weighted by Gasteiger charge is 2.35. The van der Waals surface area contributed by atoms with E-state index >= 15 is 0 Å². The second-order valence-electron chi connectivity index (χ2n) is 5.24. The molecule has 2 N–H and O–H groups in total. The van der Waals surface area contributed by atoms with Gasteiger partial charge in [0, 0.05) is 27.8 Å². The fourth-order valence-electron chi connectivity index (χ4n) is 2.47. The first-order valence-electron chi connectivity index (χ1n) is 7.15. The summed E-state index contributed by atoms with van der Waals surface area (Å²) in [4.78, 5) is 7.55. The van der Waals surface area contributed by atoms with Gasteiger partial charge in [-0.15, -0.1) is 23.1 Å². The molecule has 0 aromatic carbocycles. The van der Waals surface area contributed by atoms with Gasteiger partial charge in [-0.1, -0.05) is 30.1 Å². The van der Waals surface area contributed by atoms with E-state index in [1.54, 1.807) is 29.3 Å². The standard InChI is InChI=1S/C15H17Cl2N3S2/c1-2-9(18)7-11-14(17)15-10(22-11)3-4-12(16)20(15)8-13-19-5-6-21-13/h3-6,9,11H,2,7-8,18H2,1H3/t9-,11?/m0/s1. The van der Waals surface area contributed by atoms with E-state index in [1.165, 1.54) is 4.91 Å². The van der Waals surface area contributed by atoms with Crippen molar-refractivity contribution < 1.29 is 0 Å². The number of fused-ring (bicyclic) bond motifs is 1. The minimum Gasteiger partial charge on any atom is -0.328 e. The van der Waals surface area contributed by atoms with Crippen molar-refractivity contribution in [2.75, 3.05) is 0 Å². The summed E-state index contributed by atoms with van der Waals surface area (Å²) in [6, 6.07) is 0.170. The minimum atomic E-state index is 0.170. The molecule has 0 fully saturated rings. The third-order valence-electron chi connectivity index (χ3n) is 3.73. The molecule has 118 valence electrons. The molecule has 3 nitrogen and oxygen atoms in total. The summed E-state index contributed by atoms with van der Waals surface area (Å²) < 4.78 is 0. The van der Waals surface area contributed by atoms with Crippen LogP contribution in [-0.4, -0.2) is 21.2 Å². The van der Waals surface area contributed by atoms with E-state index in [4.69, 9.17) is 28.9 Å². The van der Waals surface area contributed by atoms with Gasteiger partial charge in [-0.3, -0.25) is 0 Å². The Kier molecular flexibility index (Phi) is 5.20. The Morgan fingerprint density at radius 2 is 2.23 bits per heavy atom. The predicted octanol–water partition coefficient (Wildman–Crippen LogP) is 4.62. The van der Waals surface area contributed by atoms with Crippen LogP contribution in [0, 0.1) is 0 Å². The van der Waals surface area contributed by atoms with Gasteiger partial charge in [-0.05, 0) is 25.0 Å². The molecule has 0 amide bonds. The first-order chi connectivity index (χ1) is 10.6. The molecule has 2 atom stereocenters. The molecule has 2 aliphatic heterocycles. The SMILES string of the molecule is CC[C@H](N)CC1SC2=CC=C(Cl)N(Cc3nccs3)C2=C1Cl. The highest BCUT2D eigenvalue weighted by atomic mass is 35.5. The second-order valence-corrected chi connectivity index (χ2v) is 8.26. The van der Waals surface area contributed by atoms with Crippen LogP contribution >= 0.6 is 46.3 Å². The molecule has 0 radical (unpaired) electrons. The average molecular weight is 374 g/mol. The molecule has 0 aliphatic carbocycles. The van der Waals surface area contributed by atoms with Gasteiger partial charge in [0.15, 0.2) is 0 Å². The number of rotatable bonds is 5. The minimum absolute atomic E-state index is 0.170. The maximum absolute atomic E-state index is 6.67. The number of thiazole rings is 1. The zero-order chi connectivity index (χ0) is 15.7. The van der Waals surface area contributed by atoms with Crippen LogP contribution in [0.15, 0.2) is 44.5 Å². The number of hydrogen-bond acceptors (Lipinski definition) is 5. The van der Waals surface area contributed by atoms with E-state index in [0.717, 1.165) is 28.6 Å². The number of nitrogens with two attached hydrogens (primary N) is 1. The summed E-state index contributed by atoms with van der Waals surface area (Å²) in [5, 5.41) is 4.73. The van der Waals surface area contributed by atoms with Gasteiger partial charge < -0.3 is 10.6 Å². The largest absolute Gasteiger partial charge is 0.328 e. The van der Waals surface area contributed by atoms with Gasteiger partial charge in [0.1, 0.15) is 10.2 Å². The lowest BCUT2D eigenvalue weighted by molar-refractivity contribution is 0.450. The van der Waals surface area contributed by atoms with Gasteiger partial charge in [0.05, 0.1) is 17.3 Å². The predicted molar refractivity (Wildman–Crippen MR) is 96.8 cm³/mol. The quantitative estimate of drug-likeness (QED) is 0.764. The maximum atomic E-state index is 6.67. The summed E-state index contributed by atoms with van der Waals surface area (Å²) in [7, 11) is 0. The number of hydrogen-bond donors (Lipinski definition) is 1. The van der Waals surface area contributed by atoms with Gasteiger partial charge in [0.25, 0.3) is 0 Å². The van der Waals surface area contributed by atoms with Gasteiger partial charge in [-0.25, -0.2) is 4.98 Å². The van der Waals surface area contributed by atoms with Gasteiger partial charge in [-0.2, -0.15) is 0 Å². The highest BCUT2D eigenvalue weighted by molar-refractivity contribution is 8.04. The first-order valence-corrected chi connectivity index (χ1v) is 9.67. The molecular weight excluding hydrogens is 357 g/mol. The summed E-state index contributed by atoms with van der Waals surface area (Å²) >= 11 is 16.5. The lowest BCUT2D eigenvalue weighted by Gasteiger charge is -2.27. The molecule has 1 unspecified atom stereocenters. The fraction of sp³-hybridized carbons (Fsp3) is 0.400. The number of aromatic nitrogens is 1. The summed E-state index contributed by atoms with van der Waals surface area (Å²) in [6.07, 6.45) is 7.61. The van der Waals surface area contributed by atoms with Crippen molar-refractivity contribution in [1.29, 1.82) is 0 Å². The smallest absolute Gasteiger partial charge is 0.112 e. The zero-order valence-corrected chi connectivity index (χ0v) is 15.3. The molecular formula is C15H17Cl2N3S2.